The van der Waals surface area contributed by atoms with E-state index >= 15 is 0 Å². The van der Waals surface area contributed by atoms with E-state index in [-0.39, 0.29) is 11.9 Å². The zero-order chi connectivity index (χ0) is 10.3. The lowest BCUT2D eigenvalue weighted by molar-refractivity contribution is -0.122. The zero-order valence-corrected chi connectivity index (χ0v) is 8.97. The van der Waals surface area contributed by atoms with Crippen LogP contribution in [0.4, 0.5) is 0 Å². The molecule has 0 radical (unpaired) electrons. The van der Waals surface area contributed by atoms with Gasteiger partial charge in [0.2, 0.25) is 5.91 Å². The van der Waals surface area contributed by atoms with Crippen LogP contribution in [0.2, 0.25) is 0 Å². The third-order valence-electron chi connectivity index (χ3n) is 2.16. The Morgan fingerprint density at radius 2 is 2.08 bits per heavy atom. The summed E-state index contributed by atoms with van der Waals surface area (Å²) >= 11 is 0. The molecule has 0 aliphatic rings. The molecule has 0 aromatic carbocycles. The molecule has 0 aliphatic heterocycles. The summed E-state index contributed by atoms with van der Waals surface area (Å²) in [7, 11) is 0. The third-order valence-corrected chi connectivity index (χ3v) is 2.16. The van der Waals surface area contributed by atoms with Gasteiger partial charge in [0, 0.05) is 19.0 Å². The first-order chi connectivity index (χ1) is 6.11. The van der Waals surface area contributed by atoms with Crippen molar-refractivity contribution in [2.45, 2.75) is 46.1 Å². The number of amides is 1. The number of carbonyl (C=O) groups is 1. The summed E-state index contributed by atoms with van der Waals surface area (Å²) in [6.45, 7) is 6.74. The molecule has 0 aliphatic carbocycles. The minimum absolute atomic E-state index is 0.129. The highest BCUT2D eigenvalue weighted by Crippen LogP contribution is 2.01. The summed E-state index contributed by atoms with van der Waals surface area (Å²) in [6, 6.07) is 0.129. The molecule has 0 saturated heterocycles. The standard InChI is InChI=1S/C10H22N2O/c1-4-5-6-10(13)12-9(7-11)8(2)3/h8-9H,4-7,11H2,1-3H3,(H,12,13). The molecule has 0 fully saturated rings. The van der Waals surface area contributed by atoms with Crippen molar-refractivity contribution < 1.29 is 4.79 Å². The van der Waals surface area contributed by atoms with E-state index in [2.05, 4.69) is 26.1 Å². The minimum atomic E-state index is 0.129. The Kier molecular flexibility index (Phi) is 6.59. The summed E-state index contributed by atoms with van der Waals surface area (Å²) in [4.78, 5) is 11.3. The Morgan fingerprint density at radius 3 is 2.46 bits per heavy atom. The molecule has 0 aromatic rings. The van der Waals surface area contributed by atoms with Crippen LogP contribution in [0.3, 0.4) is 0 Å². The third kappa shape index (κ3) is 5.64. The molecule has 0 aromatic heterocycles. The highest BCUT2D eigenvalue weighted by Gasteiger charge is 2.13. The minimum Gasteiger partial charge on any atom is -0.352 e. The van der Waals surface area contributed by atoms with Crippen molar-refractivity contribution in [3.05, 3.63) is 0 Å². The maximum absolute atomic E-state index is 11.3. The van der Waals surface area contributed by atoms with E-state index in [1.54, 1.807) is 0 Å². The number of rotatable bonds is 6. The van der Waals surface area contributed by atoms with Gasteiger partial charge in [0.1, 0.15) is 0 Å². The largest absolute Gasteiger partial charge is 0.352 e. The maximum atomic E-state index is 11.3. The van der Waals surface area contributed by atoms with Gasteiger partial charge >= 0.3 is 0 Å². The Bertz CT molecular complexity index is 146. The van der Waals surface area contributed by atoms with Crippen molar-refractivity contribution in [1.82, 2.24) is 5.32 Å². The summed E-state index contributed by atoms with van der Waals surface area (Å²) in [6.07, 6.45) is 2.64. The molecule has 1 amide bonds. The van der Waals surface area contributed by atoms with Gasteiger partial charge in [0.05, 0.1) is 0 Å². The van der Waals surface area contributed by atoms with Gasteiger partial charge in [-0.25, -0.2) is 0 Å². The van der Waals surface area contributed by atoms with Crippen LogP contribution >= 0.6 is 0 Å². The summed E-state index contributed by atoms with van der Waals surface area (Å²) < 4.78 is 0. The van der Waals surface area contributed by atoms with Gasteiger partial charge in [0.25, 0.3) is 0 Å². The van der Waals surface area contributed by atoms with Crippen LogP contribution in [0, 0.1) is 5.92 Å². The van der Waals surface area contributed by atoms with Crippen molar-refractivity contribution in [3.63, 3.8) is 0 Å². The van der Waals surface area contributed by atoms with Crippen LogP contribution in [0.25, 0.3) is 0 Å². The number of hydrogen-bond acceptors (Lipinski definition) is 2. The Labute approximate surface area is 81.1 Å². The van der Waals surface area contributed by atoms with Gasteiger partial charge in [0.15, 0.2) is 0 Å². The fourth-order valence-corrected chi connectivity index (χ4v) is 1.11. The van der Waals surface area contributed by atoms with Crippen LogP contribution in [0.15, 0.2) is 0 Å². The maximum Gasteiger partial charge on any atom is 0.220 e. The van der Waals surface area contributed by atoms with Crippen molar-refractivity contribution in [1.29, 1.82) is 0 Å². The van der Waals surface area contributed by atoms with Crippen LogP contribution in [0.5, 0.6) is 0 Å². The fraction of sp³-hybridized carbons (Fsp3) is 0.900. The average molecular weight is 186 g/mol. The van der Waals surface area contributed by atoms with Crippen LogP contribution in [-0.4, -0.2) is 18.5 Å². The lowest BCUT2D eigenvalue weighted by Gasteiger charge is -2.20. The van der Waals surface area contributed by atoms with Gasteiger partial charge in [-0.05, 0) is 12.3 Å². The molecule has 78 valence electrons. The van der Waals surface area contributed by atoms with Crippen molar-refractivity contribution in [2.75, 3.05) is 6.54 Å². The molecular formula is C10H22N2O. The highest BCUT2D eigenvalue weighted by atomic mass is 16.1. The molecule has 0 spiro atoms. The van der Waals surface area contributed by atoms with E-state index in [9.17, 15) is 4.79 Å². The topological polar surface area (TPSA) is 55.1 Å². The fourth-order valence-electron chi connectivity index (χ4n) is 1.11. The molecule has 3 nitrogen and oxygen atoms in total. The molecule has 0 heterocycles. The van der Waals surface area contributed by atoms with E-state index in [1.165, 1.54) is 0 Å². The zero-order valence-electron chi connectivity index (χ0n) is 8.97. The molecular weight excluding hydrogens is 164 g/mol. The van der Waals surface area contributed by atoms with Gasteiger partial charge in [-0.2, -0.15) is 0 Å². The molecule has 1 atom stereocenters. The first kappa shape index (κ1) is 12.4. The number of hydrogen-bond donors (Lipinski definition) is 2. The lowest BCUT2D eigenvalue weighted by Crippen LogP contribution is -2.43. The highest BCUT2D eigenvalue weighted by molar-refractivity contribution is 5.76. The van der Waals surface area contributed by atoms with E-state index in [0.717, 1.165) is 12.8 Å². The van der Waals surface area contributed by atoms with Crippen molar-refractivity contribution in [2.24, 2.45) is 11.7 Å². The first-order valence-electron chi connectivity index (χ1n) is 5.11. The predicted molar refractivity (Wildman–Crippen MR) is 55.3 cm³/mol. The average Bonchev–Trinajstić information content (AvgIpc) is 2.10. The van der Waals surface area contributed by atoms with E-state index in [1.807, 2.05) is 0 Å². The Balaban J connectivity index is 3.73. The number of unbranched alkanes of at least 4 members (excludes halogenated alkanes) is 1. The van der Waals surface area contributed by atoms with E-state index in [4.69, 9.17) is 5.73 Å². The molecule has 13 heavy (non-hydrogen) atoms. The van der Waals surface area contributed by atoms with Crippen LogP contribution in [0.1, 0.15) is 40.0 Å². The lowest BCUT2D eigenvalue weighted by atomic mass is 10.0. The molecule has 0 rings (SSSR count). The van der Waals surface area contributed by atoms with E-state index in [0.29, 0.717) is 18.9 Å². The van der Waals surface area contributed by atoms with Gasteiger partial charge in [-0.1, -0.05) is 27.2 Å². The summed E-state index contributed by atoms with van der Waals surface area (Å²) in [5.41, 5.74) is 5.54. The van der Waals surface area contributed by atoms with Crippen molar-refractivity contribution >= 4 is 5.91 Å². The molecule has 0 bridgehead atoms. The Hall–Kier alpha value is -0.570. The number of carbonyl (C=O) groups excluding carboxylic acids is 1. The van der Waals surface area contributed by atoms with E-state index < -0.39 is 0 Å². The quantitative estimate of drug-likeness (QED) is 0.656. The Morgan fingerprint density at radius 1 is 1.46 bits per heavy atom. The normalized spacial score (nSPS) is 13.0. The smallest absolute Gasteiger partial charge is 0.220 e. The van der Waals surface area contributed by atoms with Gasteiger partial charge in [-0.3, -0.25) is 4.79 Å². The number of nitrogens with two attached hydrogens (primary N) is 1. The van der Waals surface area contributed by atoms with Crippen LogP contribution in [-0.2, 0) is 4.79 Å². The second kappa shape index (κ2) is 6.89. The van der Waals surface area contributed by atoms with Gasteiger partial charge < -0.3 is 11.1 Å². The monoisotopic (exact) mass is 186 g/mol. The molecule has 0 saturated carbocycles. The second-order valence-electron chi connectivity index (χ2n) is 3.76. The summed E-state index contributed by atoms with van der Waals surface area (Å²) in [5.74, 6) is 0.543. The van der Waals surface area contributed by atoms with Crippen molar-refractivity contribution in [3.8, 4) is 0 Å². The second-order valence-corrected chi connectivity index (χ2v) is 3.76. The summed E-state index contributed by atoms with van der Waals surface area (Å²) in [5, 5.41) is 2.94. The SMILES string of the molecule is CCCCC(=O)NC(CN)C(C)C. The van der Waals surface area contributed by atoms with Gasteiger partial charge in [-0.15, -0.1) is 0 Å². The molecule has 3 N–H and O–H groups in total. The van der Waals surface area contributed by atoms with Crippen LogP contribution < -0.4 is 11.1 Å². The first-order valence-corrected chi connectivity index (χ1v) is 5.11. The molecule has 3 heteroatoms. The molecule has 1 unspecified atom stereocenters. The number of nitrogens with one attached hydrogen (secondary N) is 1. The predicted octanol–water partition coefficient (Wildman–Crippen LogP) is 1.28.